The Balaban J connectivity index is 1.95. The van der Waals surface area contributed by atoms with Gasteiger partial charge in [0.05, 0.1) is 0 Å². The molecule has 1 spiro atoms. The zero-order valence-corrected chi connectivity index (χ0v) is 11.4. The van der Waals surface area contributed by atoms with Gasteiger partial charge in [-0.05, 0) is 50.9 Å². The first-order valence-electron chi connectivity index (χ1n) is 7.42. The van der Waals surface area contributed by atoms with Gasteiger partial charge in [-0.1, -0.05) is 33.1 Å². The van der Waals surface area contributed by atoms with Crippen LogP contribution < -0.4 is 5.32 Å². The first kappa shape index (κ1) is 12.4. The normalized spacial score (nSPS) is 29.1. The van der Waals surface area contributed by atoms with Crippen molar-refractivity contribution in [1.82, 2.24) is 5.32 Å². The van der Waals surface area contributed by atoms with E-state index in [-0.39, 0.29) is 0 Å². The zero-order chi connectivity index (χ0) is 11.6. The summed E-state index contributed by atoms with van der Waals surface area (Å²) >= 11 is 0. The summed E-state index contributed by atoms with van der Waals surface area (Å²) in [6, 6.07) is 0.831. The van der Waals surface area contributed by atoms with Crippen LogP contribution in [0, 0.1) is 5.41 Å². The van der Waals surface area contributed by atoms with Crippen LogP contribution in [0.3, 0.4) is 0 Å². The van der Waals surface area contributed by atoms with Gasteiger partial charge >= 0.3 is 0 Å². The summed E-state index contributed by atoms with van der Waals surface area (Å²) in [5, 5.41) is 3.99. The van der Waals surface area contributed by atoms with E-state index in [0.29, 0.717) is 11.0 Å². The van der Waals surface area contributed by atoms with E-state index >= 15 is 0 Å². The van der Waals surface area contributed by atoms with Crippen LogP contribution in [0.15, 0.2) is 0 Å². The van der Waals surface area contributed by atoms with Crippen molar-refractivity contribution >= 4 is 0 Å². The highest BCUT2D eigenvalue weighted by Crippen LogP contribution is 2.52. The van der Waals surface area contributed by atoms with Crippen molar-refractivity contribution < 1.29 is 0 Å². The number of hydrogen-bond acceptors (Lipinski definition) is 1. The molecule has 16 heavy (non-hydrogen) atoms. The van der Waals surface area contributed by atoms with E-state index in [1.807, 2.05) is 0 Å². The molecule has 2 aliphatic carbocycles. The van der Waals surface area contributed by atoms with Crippen molar-refractivity contribution in [2.75, 3.05) is 0 Å². The second kappa shape index (κ2) is 4.68. The lowest BCUT2D eigenvalue weighted by Gasteiger charge is -2.55. The molecule has 2 rings (SSSR count). The second-order valence-electron chi connectivity index (χ2n) is 6.43. The van der Waals surface area contributed by atoms with Gasteiger partial charge in [-0.15, -0.1) is 0 Å². The number of rotatable bonds is 4. The second-order valence-corrected chi connectivity index (χ2v) is 6.43. The summed E-state index contributed by atoms with van der Waals surface area (Å²) in [4.78, 5) is 0. The smallest absolute Gasteiger partial charge is 0.0150 e. The molecule has 94 valence electrons. The molecule has 0 aromatic heterocycles. The highest BCUT2D eigenvalue weighted by atomic mass is 15.0. The maximum absolute atomic E-state index is 3.99. The van der Waals surface area contributed by atoms with Gasteiger partial charge in [0.25, 0.3) is 0 Å². The quantitative estimate of drug-likeness (QED) is 0.750. The molecule has 1 heteroatoms. The molecule has 0 bridgehead atoms. The van der Waals surface area contributed by atoms with Crippen LogP contribution >= 0.6 is 0 Å². The van der Waals surface area contributed by atoms with Crippen molar-refractivity contribution in [1.29, 1.82) is 0 Å². The Morgan fingerprint density at radius 1 is 1.06 bits per heavy atom. The monoisotopic (exact) mass is 223 g/mol. The molecule has 0 heterocycles. The van der Waals surface area contributed by atoms with Crippen LogP contribution in [-0.4, -0.2) is 11.6 Å². The Morgan fingerprint density at radius 2 is 1.69 bits per heavy atom. The van der Waals surface area contributed by atoms with Crippen molar-refractivity contribution in [3.63, 3.8) is 0 Å². The van der Waals surface area contributed by atoms with Gasteiger partial charge in [0.1, 0.15) is 0 Å². The third kappa shape index (κ3) is 2.16. The molecular weight excluding hydrogens is 194 g/mol. The van der Waals surface area contributed by atoms with Gasteiger partial charge in [0.15, 0.2) is 0 Å². The molecule has 0 aromatic carbocycles. The molecule has 1 nitrogen and oxygen atoms in total. The predicted molar refractivity (Wildman–Crippen MR) is 70.7 cm³/mol. The lowest BCUT2D eigenvalue weighted by molar-refractivity contribution is 0.00408. The average molecular weight is 223 g/mol. The molecule has 0 aliphatic heterocycles. The van der Waals surface area contributed by atoms with Gasteiger partial charge in [-0.3, -0.25) is 0 Å². The van der Waals surface area contributed by atoms with Crippen LogP contribution in [0.4, 0.5) is 0 Å². The Labute approximate surface area is 101 Å². The minimum Gasteiger partial charge on any atom is -0.308 e. The van der Waals surface area contributed by atoms with E-state index in [0.717, 1.165) is 6.04 Å². The Bertz CT molecular complexity index is 224. The maximum atomic E-state index is 3.99. The lowest BCUT2D eigenvalue weighted by atomic mass is 9.57. The third-order valence-corrected chi connectivity index (χ3v) is 5.60. The largest absolute Gasteiger partial charge is 0.308 e. The lowest BCUT2D eigenvalue weighted by Crippen LogP contribution is -2.60. The summed E-state index contributed by atoms with van der Waals surface area (Å²) in [6.07, 6.45) is 12.9. The molecule has 0 saturated heterocycles. The standard InChI is InChI=1S/C15H29N/c1-4-14(3,5-2)16-13-9-12-15(13)10-7-6-8-11-15/h13,16H,4-12H2,1-3H3. The van der Waals surface area contributed by atoms with Crippen LogP contribution in [-0.2, 0) is 0 Å². The maximum Gasteiger partial charge on any atom is 0.0150 e. The van der Waals surface area contributed by atoms with Crippen LogP contribution in [0.1, 0.15) is 78.6 Å². The van der Waals surface area contributed by atoms with Gasteiger partial charge in [-0.25, -0.2) is 0 Å². The van der Waals surface area contributed by atoms with Crippen molar-refractivity contribution in [3.8, 4) is 0 Å². The fraction of sp³-hybridized carbons (Fsp3) is 1.00. The molecular formula is C15H29N. The van der Waals surface area contributed by atoms with Crippen molar-refractivity contribution in [2.24, 2.45) is 5.41 Å². The molecule has 2 aliphatic rings. The fourth-order valence-corrected chi connectivity index (χ4v) is 3.65. The number of hydrogen-bond donors (Lipinski definition) is 1. The third-order valence-electron chi connectivity index (χ3n) is 5.60. The molecule has 0 aromatic rings. The Hall–Kier alpha value is -0.0400. The van der Waals surface area contributed by atoms with E-state index in [1.54, 1.807) is 0 Å². The summed E-state index contributed by atoms with van der Waals surface area (Å²) < 4.78 is 0. The average Bonchev–Trinajstić information content (AvgIpc) is 2.35. The molecule has 0 radical (unpaired) electrons. The van der Waals surface area contributed by atoms with Crippen molar-refractivity contribution in [3.05, 3.63) is 0 Å². The van der Waals surface area contributed by atoms with Crippen LogP contribution in [0.5, 0.6) is 0 Å². The van der Waals surface area contributed by atoms with Crippen LogP contribution in [0.2, 0.25) is 0 Å². The summed E-state index contributed by atoms with van der Waals surface area (Å²) in [5.74, 6) is 0. The highest BCUT2D eigenvalue weighted by molar-refractivity contribution is 5.04. The van der Waals surface area contributed by atoms with E-state index in [2.05, 4.69) is 26.1 Å². The highest BCUT2D eigenvalue weighted by Gasteiger charge is 2.48. The van der Waals surface area contributed by atoms with Gasteiger partial charge in [0.2, 0.25) is 0 Å². The van der Waals surface area contributed by atoms with Gasteiger partial charge < -0.3 is 5.32 Å². The fourth-order valence-electron chi connectivity index (χ4n) is 3.65. The van der Waals surface area contributed by atoms with Crippen molar-refractivity contribution in [2.45, 2.75) is 90.1 Å². The Kier molecular flexibility index (Phi) is 3.63. The summed E-state index contributed by atoms with van der Waals surface area (Å²) in [6.45, 7) is 7.05. The first-order valence-corrected chi connectivity index (χ1v) is 7.42. The zero-order valence-electron chi connectivity index (χ0n) is 11.4. The molecule has 2 fully saturated rings. The first-order chi connectivity index (χ1) is 7.64. The molecule has 0 amide bonds. The molecule has 1 atom stereocenters. The molecule has 1 unspecified atom stereocenters. The minimum atomic E-state index is 0.384. The van der Waals surface area contributed by atoms with E-state index < -0.39 is 0 Å². The van der Waals surface area contributed by atoms with E-state index in [9.17, 15) is 0 Å². The predicted octanol–water partition coefficient (Wildman–Crippen LogP) is 4.27. The van der Waals surface area contributed by atoms with Gasteiger partial charge in [0, 0.05) is 11.6 Å². The SMILES string of the molecule is CCC(C)(CC)NC1CCC12CCCCC2. The topological polar surface area (TPSA) is 12.0 Å². The molecule has 2 saturated carbocycles. The van der Waals surface area contributed by atoms with Gasteiger partial charge in [-0.2, -0.15) is 0 Å². The van der Waals surface area contributed by atoms with E-state index in [1.165, 1.54) is 57.8 Å². The number of nitrogens with one attached hydrogen (secondary N) is 1. The summed E-state index contributed by atoms with van der Waals surface area (Å²) in [5.41, 5.74) is 1.10. The van der Waals surface area contributed by atoms with Crippen LogP contribution in [0.25, 0.3) is 0 Å². The van der Waals surface area contributed by atoms with E-state index in [4.69, 9.17) is 0 Å². The summed E-state index contributed by atoms with van der Waals surface area (Å²) in [7, 11) is 0. The Morgan fingerprint density at radius 3 is 2.12 bits per heavy atom. The molecule has 1 N–H and O–H groups in total. The minimum absolute atomic E-state index is 0.384.